The average Bonchev–Trinajstić information content (AvgIpc) is 3.93. The molecule has 0 spiro atoms. The van der Waals surface area contributed by atoms with Gasteiger partial charge >= 0.3 is 0 Å². The monoisotopic (exact) mass is 722 g/mol. The summed E-state index contributed by atoms with van der Waals surface area (Å²) in [5, 5.41) is 4.46. The summed E-state index contributed by atoms with van der Waals surface area (Å²) in [7, 11) is 0. The number of hydrogen-bond donors (Lipinski definition) is 0. The smallest absolute Gasteiger partial charge is 0.0844 e. The molecule has 3 aliphatic heterocycles. The number of thiophene rings is 2. The third kappa shape index (κ3) is 7.38. The number of thioether (sulfide) groups is 4. The Morgan fingerprint density at radius 1 is 0.717 bits per heavy atom. The number of nitrogens with zero attached hydrogens (tertiary/aromatic N) is 2. The Morgan fingerprint density at radius 2 is 1.33 bits per heavy atom. The maximum absolute atomic E-state index is 5.09. The molecule has 6 rings (SSSR count). The summed E-state index contributed by atoms with van der Waals surface area (Å²) in [6.07, 6.45) is 25.2. The molecular weight excluding hydrogens is 677 g/mol. The fraction of sp³-hybridized carbons (Fsp3) is 0.474. The van der Waals surface area contributed by atoms with E-state index in [0.717, 1.165) is 30.7 Å². The van der Waals surface area contributed by atoms with Crippen molar-refractivity contribution in [3.8, 4) is 0 Å². The molecule has 3 aromatic rings. The van der Waals surface area contributed by atoms with E-state index in [2.05, 4.69) is 132 Å². The standard InChI is InChI=1S/C38H46N2S6/c1-3-5-7-11-27-43-37(20-18-34(45-37)32-16-13-25-41-32)36(22-24-40-31(29-36)30-15-9-10-23-39-30)38(44-28-12-8-6-4-2)21-19-35(46-38)33-17-14-26-42-33/h9-10,13-19,22-26H,3-8,11-12,20-21,27-29H2,1-2H3. The van der Waals surface area contributed by atoms with Gasteiger partial charge in [0.15, 0.2) is 0 Å². The van der Waals surface area contributed by atoms with Crippen molar-refractivity contribution in [1.82, 2.24) is 4.98 Å². The van der Waals surface area contributed by atoms with Crippen LogP contribution in [0.1, 0.15) is 99.9 Å². The molecule has 8 heteroatoms. The number of allylic oxidation sites excluding steroid dienone is 3. The van der Waals surface area contributed by atoms with Gasteiger partial charge in [-0.3, -0.25) is 9.98 Å². The average molecular weight is 723 g/mol. The topological polar surface area (TPSA) is 25.2 Å². The van der Waals surface area contributed by atoms with Crippen molar-refractivity contribution in [2.24, 2.45) is 10.4 Å². The van der Waals surface area contributed by atoms with Crippen LogP contribution in [0, 0.1) is 5.41 Å². The first-order valence-electron chi connectivity index (χ1n) is 16.9. The largest absolute Gasteiger partial charge is 0.259 e. The van der Waals surface area contributed by atoms with Crippen molar-refractivity contribution in [3.63, 3.8) is 0 Å². The van der Waals surface area contributed by atoms with Crippen LogP contribution in [0.2, 0.25) is 0 Å². The number of rotatable bonds is 17. The van der Waals surface area contributed by atoms with Crippen molar-refractivity contribution in [2.75, 3.05) is 11.5 Å². The molecule has 244 valence electrons. The highest BCUT2D eigenvalue weighted by Gasteiger charge is 2.65. The lowest BCUT2D eigenvalue weighted by Gasteiger charge is -2.56. The molecule has 0 radical (unpaired) electrons. The van der Waals surface area contributed by atoms with Gasteiger partial charge in [0.05, 0.1) is 19.6 Å². The molecule has 0 saturated carbocycles. The Balaban J connectivity index is 1.44. The van der Waals surface area contributed by atoms with Crippen LogP contribution in [0.3, 0.4) is 0 Å². The lowest BCUT2D eigenvalue weighted by Crippen LogP contribution is -2.55. The van der Waals surface area contributed by atoms with Crippen molar-refractivity contribution >= 4 is 85.2 Å². The minimum Gasteiger partial charge on any atom is -0.259 e. The number of aliphatic imine (C=N–C) groups is 1. The molecule has 0 aliphatic carbocycles. The zero-order valence-corrected chi connectivity index (χ0v) is 32.0. The molecule has 0 fully saturated rings. The van der Waals surface area contributed by atoms with Crippen LogP contribution in [0.15, 0.2) is 88.8 Å². The lowest BCUT2D eigenvalue weighted by molar-refractivity contribution is 0.320. The van der Waals surface area contributed by atoms with Gasteiger partial charge < -0.3 is 0 Å². The van der Waals surface area contributed by atoms with Crippen LogP contribution in [0.25, 0.3) is 9.81 Å². The Hall–Kier alpha value is -1.16. The molecular formula is C38H46N2S6. The summed E-state index contributed by atoms with van der Waals surface area (Å²) in [6, 6.07) is 15.3. The number of pyridine rings is 1. The maximum atomic E-state index is 5.09. The predicted octanol–water partition coefficient (Wildman–Crippen LogP) is 13.3. The first-order chi connectivity index (χ1) is 22.6. The van der Waals surface area contributed by atoms with Crippen molar-refractivity contribution in [1.29, 1.82) is 0 Å². The van der Waals surface area contributed by atoms with E-state index >= 15 is 0 Å². The minimum atomic E-state index is -0.153. The van der Waals surface area contributed by atoms with E-state index in [0.29, 0.717) is 0 Å². The zero-order valence-electron chi connectivity index (χ0n) is 27.1. The predicted molar refractivity (Wildman–Crippen MR) is 215 cm³/mol. The van der Waals surface area contributed by atoms with Crippen LogP contribution < -0.4 is 0 Å². The molecule has 0 saturated heterocycles. The summed E-state index contributed by atoms with van der Waals surface area (Å²) in [4.78, 5) is 15.7. The van der Waals surface area contributed by atoms with E-state index in [4.69, 9.17) is 9.98 Å². The first kappa shape index (κ1) is 34.7. The molecule has 2 nitrogen and oxygen atoms in total. The van der Waals surface area contributed by atoms with Gasteiger partial charge in [-0.2, -0.15) is 0 Å². The SMILES string of the molecule is CCCCCCSC1(C2(C3(SCCCCCC)CC=C(c4cccs4)S3)C=CN=C(c3ccccn3)C2)CC=C(c2cccs2)S1. The van der Waals surface area contributed by atoms with Crippen LogP contribution >= 0.6 is 69.7 Å². The fourth-order valence-corrected chi connectivity index (χ4v) is 16.0. The summed E-state index contributed by atoms with van der Waals surface area (Å²) in [5.74, 6) is 2.38. The second-order valence-electron chi connectivity index (χ2n) is 12.3. The molecule has 0 aromatic carbocycles. The van der Waals surface area contributed by atoms with E-state index in [1.165, 1.54) is 82.4 Å². The van der Waals surface area contributed by atoms with Crippen LogP contribution in [-0.4, -0.2) is 30.4 Å². The van der Waals surface area contributed by atoms with Gasteiger partial charge in [-0.1, -0.05) is 88.8 Å². The van der Waals surface area contributed by atoms with Crippen LogP contribution in [-0.2, 0) is 0 Å². The highest BCUT2D eigenvalue weighted by Crippen LogP contribution is 2.75. The summed E-state index contributed by atoms with van der Waals surface area (Å²) >= 11 is 12.6. The summed E-state index contributed by atoms with van der Waals surface area (Å²) in [6.45, 7) is 4.63. The molecule has 2 atom stereocenters. The zero-order chi connectivity index (χ0) is 31.7. The van der Waals surface area contributed by atoms with E-state index < -0.39 is 0 Å². The second-order valence-corrected chi connectivity index (χ2v) is 20.2. The molecule has 46 heavy (non-hydrogen) atoms. The van der Waals surface area contributed by atoms with Crippen LogP contribution in [0.4, 0.5) is 0 Å². The second kappa shape index (κ2) is 16.5. The minimum absolute atomic E-state index is 0.0484. The van der Waals surface area contributed by atoms with Gasteiger partial charge in [-0.15, -0.1) is 69.7 Å². The van der Waals surface area contributed by atoms with E-state index in [-0.39, 0.29) is 13.6 Å². The molecule has 2 unspecified atom stereocenters. The quantitative estimate of drug-likeness (QED) is 0.129. The normalized spacial score (nSPS) is 25.9. The lowest BCUT2D eigenvalue weighted by atomic mass is 9.71. The van der Waals surface area contributed by atoms with Gasteiger partial charge in [0.2, 0.25) is 0 Å². The summed E-state index contributed by atoms with van der Waals surface area (Å²) in [5.41, 5.74) is 2.00. The van der Waals surface area contributed by atoms with Crippen molar-refractivity contribution in [3.05, 3.63) is 99.3 Å². The van der Waals surface area contributed by atoms with Gasteiger partial charge in [0.1, 0.15) is 0 Å². The Morgan fingerprint density at radius 3 is 1.83 bits per heavy atom. The van der Waals surface area contributed by atoms with Crippen LogP contribution in [0.5, 0.6) is 0 Å². The number of hydrogen-bond acceptors (Lipinski definition) is 8. The van der Waals surface area contributed by atoms with Crippen molar-refractivity contribution < 1.29 is 0 Å². The third-order valence-corrected chi connectivity index (χ3v) is 18.4. The molecule has 3 aliphatic rings. The van der Waals surface area contributed by atoms with Crippen molar-refractivity contribution in [2.45, 2.75) is 92.6 Å². The maximum Gasteiger partial charge on any atom is 0.0844 e. The third-order valence-electron chi connectivity index (χ3n) is 9.21. The molecule has 0 bridgehead atoms. The number of unbranched alkanes of at least 4 members (excludes halogenated alkanes) is 6. The van der Waals surface area contributed by atoms with E-state index in [1.807, 2.05) is 34.9 Å². The molecule has 0 amide bonds. The van der Waals surface area contributed by atoms with E-state index in [9.17, 15) is 0 Å². The van der Waals surface area contributed by atoms with Gasteiger partial charge in [0, 0.05) is 43.8 Å². The Bertz CT molecular complexity index is 1430. The van der Waals surface area contributed by atoms with Gasteiger partial charge in [0.25, 0.3) is 0 Å². The molecule has 3 aromatic heterocycles. The Labute approximate surface area is 301 Å². The Kier molecular flexibility index (Phi) is 12.4. The number of aromatic nitrogens is 1. The highest BCUT2D eigenvalue weighted by molar-refractivity contribution is 8.24. The highest BCUT2D eigenvalue weighted by atomic mass is 32.2. The molecule has 6 heterocycles. The van der Waals surface area contributed by atoms with Gasteiger partial charge in [-0.25, -0.2) is 0 Å². The first-order valence-corrected chi connectivity index (χ1v) is 22.3. The summed E-state index contributed by atoms with van der Waals surface area (Å²) < 4.78 is -0.0969. The fourth-order valence-electron chi connectivity index (χ4n) is 6.75. The van der Waals surface area contributed by atoms with Gasteiger partial charge in [-0.05, 0) is 72.2 Å². The van der Waals surface area contributed by atoms with E-state index in [1.54, 1.807) is 0 Å². The molecule has 0 N–H and O–H groups in total.